The third-order valence-electron chi connectivity index (χ3n) is 6.91. The molecule has 3 unspecified atom stereocenters. The number of benzene rings is 2. The summed E-state index contributed by atoms with van der Waals surface area (Å²) < 4.78 is 0.831. The lowest BCUT2D eigenvalue weighted by atomic mass is 9.76. The number of carbonyl (C=O) groups is 3. The summed E-state index contributed by atoms with van der Waals surface area (Å²) in [6.07, 6.45) is -0.852. The van der Waals surface area contributed by atoms with Crippen LogP contribution in [0.4, 0.5) is 4.79 Å². The monoisotopic (exact) mass is 557 g/mol. The molecule has 0 aromatic heterocycles. The molecule has 0 radical (unpaired) electrons. The molecule has 0 aliphatic carbocycles. The standard InChI is InChI=1S/C27H32BrN3O5/c1-27(2,3)22-15-20(12-13-29(22)26(34)35)25(33)30-16-23(32)31(36-17-18-8-5-4-6-9-18)24(30)19-10-7-11-21(28)14-19/h4-11,14,20,22,24H,12-13,15-17H2,1-3H3,(H,34,35). The highest BCUT2D eigenvalue weighted by molar-refractivity contribution is 9.10. The van der Waals surface area contributed by atoms with Gasteiger partial charge in [0.1, 0.15) is 13.2 Å². The third-order valence-corrected chi connectivity index (χ3v) is 7.40. The van der Waals surface area contributed by atoms with Gasteiger partial charge in [-0.25, -0.2) is 4.79 Å². The van der Waals surface area contributed by atoms with Gasteiger partial charge in [-0.2, -0.15) is 5.06 Å². The molecule has 3 amide bonds. The minimum absolute atomic E-state index is 0.0931. The number of carbonyl (C=O) groups excluding carboxylic acids is 2. The van der Waals surface area contributed by atoms with Gasteiger partial charge >= 0.3 is 6.09 Å². The summed E-state index contributed by atoms with van der Waals surface area (Å²) in [6, 6.07) is 16.8. The topological polar surface area (TPSA) is 90.4 Å². The van der Waals surface area contributed by atoms with E-state index in [1.54, 1.807) is 4.90 Å². The van der Waals surface area contributed by atoms with Crippen molar-refractivity contribution in [3.8, 4) is 0 Å². The third kappa shape index (κ3) is 5.57. The van der Waals surface area contributed by atoms with Crippen molar-refractivity contribution in [2.45, 2.75) is 52.4 Å². The van der Waals surface area contributed by atoms with Gasteiger partial charge in [0.25, 0.3) is 5.91 Å². The molecule has 3 atom stereocenters. The molecule has 2 aromatic rings. The summed E-state index contributed by atoms with van der Waals surface area (Å²) in [5, 5.41) is 11.0. The second-order valence-corrected chi connectivity index (χ2v) is 11.4. The van der Waals surface area contributed by atoms with Crippen molar-refractivity contribution in [2.24, 2.45) is 11.3 Å². The summed E-state index contributed by atoms with van der Waals surface area (Å²) in [7, 11) is 0. The Labute approximate surface area is 219 Å². The average Bonchev–Trinajstić information content (AvgIpc) is 3.18. The minimum Gasteiger partial charge on any atom is -0.465 e. The van der Waals surface area contributed by atoms with Crippen LogP contribution in [0.3, 0.4) is 0 Å². The number of carboxylic acid groups (broad SMARTS) is 1. The molecule has 0 spiro atoms. The van der Waals surface area contributed by atoms with Crippen LogP contribution in [0.25, 0.3) is 0 Å². The van der Waals surface area contributed by atoms with E-state index in [0.29, 0.717) is 12.8 Å². The van der Waals surface area contributed by atoms with Crippen LogP contribution in [-0.4, -0.2) is 57.0 Å². The molecule has 2 aliphatic rings. The maximum absolute atomic E-state index is 13.9. The molecule has 2 aliphatic heterocycles. The van der Waals surface area contributed by atoms with Gasteiger partial charge in [-0.05, 0) is 41.5 Å². The zero-order valence-electron chi connectivity index (χ0n) is 20.8. The second kappa shape index (κ2) is 10.6. The fourth-order valence-corrected chi connectivity index (χ4v) is 5.50. The molecule has 0 saturated carbocycles. The molecule has 192 valence electrons. The van der Waals surface area contributed by atoms with Crippen LogP contribution in [0.1, 0.15) is 50.9 Å². The van der Waals surface area contributed by atoms with Gasteiger partial charge in [-0.15, -0.1) is 0 Å². The Morgan fingerprint density at radius 1 is 1.08 bits per heavy atom. The predicted octanol–water partition coefficient (Wildman–Crippen LogP) is 5.06. The van der Waals surface area contributed by atoms with Gasteiger partial charge < -0.3 is 14.9 Å². The van der Waals surface area contributed by atoms with E-state index in [2.05, 4.69) is 15.9 Å². The first-order chi connectivity index (χ1) is 17.1. The van der Waals surface area contributed by atoms with Crippen molar-refractivity contribution in [2.75, 3.05) is 13.1 Å². The fraction of sp³-hybridized carbons (Fsp3) is 0.444. The zero-order chi connectivity index (χ0) is 26.0. The number of hydroxylamine groups is 2. The Bertz CT molecular complexity index is 1120. The highest BCUT2D eigenvalue weighted by Gasteiger charge is 2.47. The van der Waals surface area contributed by atoms with Crippen molar-refractivity contribution in [1.82, 2.24) is 14.9 Å². The van der Waals surface area contributed by atoms with Crippen molar-refractivity contribution in [3.05, 3.63) is 70.2 Å². The maximum Gasteiger partial charge on any atom is 0.407 e. The lowest BCUT2D eigenvalue weighted by molar-refractivity contribution is -0.205. The lowest BCUT2D eigenvalue weighted by Crippen LogP contribution is -2.54. The lowest BCUT2D eigenvalue weighted by Gasteiger charge is -2.45. The molecular weight excluding hydrogens is 526 g/mol. The number of amides is 3. The van der Waals surface area contributed by atoms with Gasteiger partial charge in [0.2, 0.25) is 5.91 Å². The fourth-order valence-electron chi connectivity index (χ4n) is 5.08. The first-order valence-electron chi connectivity index (χ1n) is 12.1. The number of hydrogen-bond acceptors (Lipinski definition) is 4. The van der Waals surface area contributed by atoms with Crippen LogP contribution in [0.5, 0.6) is 0 Å². The summed E-state index contributed by atoms with van der Waals surface area (Å²) in [6.45, 7) is 6.35. The minimum atomic E-state index is -0.968. The van der Waals surface area contributed by atoms with Gasteiger partial charge in [-0.3, -0.25) is 14.4 Å². The molecule has 1 N–H and O–H groups in total. The van der Waals surface area contributed by atoms with Crippen LogP contribution in [0.15, 0.2) is 59.1 Å². The second-order valence-electron chi connectivity index (χ2n) is 10.5. The molecule has 2 aromatic carbocycles. The summed E-state index contributed by atoms with van der Waals surface area (Å²) in [5.74, 6) is -0.834. The number of nitrogens with zero attached hydrogens (tertiary/aromatic N) is 3. The van der Waals surface area contributed by atoms with E-state index in [0.717, 1.165) is 15.6 Å². The molecule has 2 saturated heterocycles. The van der Waals surface area contributed by atoms with E-state index in [9.17, 15) is 19.5 Å². The zero-order valence-corrected chi connectivity index (χ0v) is 22.3. The first-order valence-corrected chi connectivity index (χ1v) is 12.9. The van der Waals surface area contributed by atoms with Gasteiger partial charge in [0.15, 0.2) is 6.17 Å². The van der Waals surface area contributed by atoms with Crippen LogP contribution in [0.2, 0.25) is 0 Å². The molecule has 2 heterocycles. The van der Waals surface area contributed by atoms with Crippen molar-refractivity contribution in [3.63, 3.8) is 0 Å². The Kier molecular flexibility index (Phi) is 7.70. The van der Waals surface area contributed by atoms with Gasteiger partial charge in [0.05, 0.1) is 0 Å². The Morgan fingerprint density at radius 2 is 1.81 bits per heavy atom. The molecule has 9 heteroatoms. The Hall–Kier alpha value is -2.91. The molecule has 36 heavy (non-hydrogen) atoms. The predicted molar refractivity (Wildman–Crippen MR) is 137 cm³/mol. The quantitative estimate of drug-likeness (QED) is 0.555. The normalized spacial score (nSPS) is 22.7. The Morgan fingerprint density at radius 3 is 2.44 bits per heavy atom. The number of halogens is 1. The van der Waals surface area contributed by atoms with Crippen molar-refractivity contribution >= 4 is 33.8 Å². The molecule has 8 nitrogen and oxygen atoms in total. The van der Waals surface area contributed by atoms with Crippen LogP contribution in [-0.2, 0) is 21.0 Å². The summed E-state index contributed by atoms with van der Waals surface area (Å²) in [5.41, 5.74) is 1.34. The smallest absolute Gasteiger partial charge is 0.407 e. The molecule has 2 fully saturated rings. The number of likely N-dealkylation sites (tertiary alicyclic amines) is 1. The van der Waals surface area contributed by atoms with Crippen LogP contribution < -0.4 is 0 Å². The summed E-state index contributed by atoms with van der Waals surface area (Å²) in [4.78, 5) is 47.9. The van der Waals surface area contributed by atoms with Gasteiger partial charge in [-0.1, -0.05) is 79.2 Å². The van der Waals surface area contributed by atoms with Crippen LogP contribution in [0, 0.1) is 11.3 Å². The van der Waals surface area contributed by atoms with E-state index >= 15 is 0 Å². The SMILES string of the molecule is CC(C)(C)C1CC(C(=O)N2CC(=O)N(OCc3ccccc3)C2c2cccc(Br)c2)CCN1C(=O)O. The highest BCUT2D eigenvalue weighted by atomic mass is 79.9. The number of hydrogen-bond donors (Lipinski definition) is 1. The molecule has 0 bridgehead atoms. The summed E-state index contributed by atoms with van der Waals surface area (Å²) >= 11 is 3.49. The van der Waals surface area contributed by atoms with E-state index in [-0.39, 0.29) is 48.9 Å². The largest absolute Gasteiger partial charge is 0.465 e. The van der Waals surface area contributed by atoms with Crippen molar-refractivity contribution in [1.29, 1.82) is 0 Å². The van der Waals surface area contributed by atoms with E-state index < -0.39 is 12.3 Å². The maximum atomic E-state index is 13.9. The van der Waals surface area contributed by atoms with Crippen LogP contribution >= 0.6 is 15.9 Å². The number of piperidine rings is 1. The highest BCUT2D eigenvalue weighted by Crippen LogP contribution is 2.39. The molecular formula is C27H32BrN3O5. The average molecular weight is 558 g/mol. The Balaban J connectivity index is 1.60. The van der Waals surface area contributed by atoms with E-state index in [1.807, 2.05) is 75.4 Å². The number of rotatable bonds is 5. The first kappa shape index (κ1) is 26.2. The molecule has 4 rings (SSSR count). The van der Waals surface area contributed by atoms with Gasteiger partial charge in [0, 0.05) is 23.0 Å². The van der Waals surface area contributed by atoms with E-state index in [4.69, 9.17) is 4.84 Å². The van der Waals surface area contributed by atoms with E-state index in [1.165, 1.54) is 9.96 Å². The van der Waals surface area contributed by atoms with Crippen molar-refractivity contribution < 1.29 is 24.3 Å².